The normalized spacial score (nSPS) is 21.7. The fraction of sp³-hybridized carbons (Fsp3) is 0.500. The van der Waals surface area contributed by atoms with Gasteiger partial charge in [0.05, 0.1) is 22.8 Å². The summed E-state index contributed by atoms with van der Waals surface area (Å²) in [7, 11) is -2.97. The van der Waals surface area contributed by atoms with Crippen LogP contribution in [0.25, 0.3) is 0 Å². The van der Waals surface area contributed by atoms with Gasteiger partial charge in [0, 0.05) is 6.54 Å². The number of rotatable bonds is 4. The zero-order chi connectivity index (χ0) is 13.2. The lowest BCUT2D eigenvalue weighted by atomic mass is 10.2. The average molecular weight is 286 g/mol. The monoisotopic (exact) mass is 286 g/mol. The standard InChI is InChI=1S/C10H14N4O2S2/c11-9(17)8-3-4-13-14-10(8)12-6-7-2-1-5-18(7,15)16/h3-4,7H,1-2,5-6H2,(H2,11,17)(H,12,14). The first-order valence-corrected chi connectivity index (χ1v) is 7.70. The molecule has 2 heterocycles. The topological polar surface area (TPSA) is 98.0 Å². The molecule has 1 fully saturated rings. The van der Waals surface area contributed by atoms with E-state index in [2.05, 4.69) is 15.5 Å². The molecule has 0 radical (unpaired) electrons. The highest BCUT2D eigenvalue weighted by molar-refractivity contribution is 7.92. The molecule has 1 aliphatic heterocycles. The Morgan fingerprint density at radius 2 is 2.39 bits per heavy atom. The van der Waals surface area contributed by atoms with Gasteiger partial charge in [-0.15, -0.1) is 5.10 Å². The van der Waals surface area contributed by atoms with Crippen molar-refractivity contribution in [2.45, 2.75) is 18.1 Å². The molecule has 0 aliphatic carbocycles. The van der Waals surface area contributed by atoms with Gasteiger partial charge in [-0.25, -0.2) is 8.42 Å². The van der Waals surface area contributed by atoms with Crippen LogP contribution in [0.15, 0.2) is 12.3 Å². The predicted octanol–water partition coefficient (Wildman–Crippen LogP) is 0.0999. The largest absolute Gasteiger partial charge is 0.389 e. The molecule has 8 heteroatoms. The van der Waals surface area contributed by atoms with Crippen molar-refractivity contribution < 1.29 is 8.42 Å². The van der Waals surface area contributed by atoms with Crippen molar-refractivity contribution in [3.8, 4) is 0 Å². The number of nitrogens with one attached hydrogen (secondary N) is 1. The Bertz CT molecular complexity index is 559. The summed E-state index contributed by atoms with van der Waals surface area (Å²) in [4.78, 5) is 0.210. The second-order valence-electron chi connectivity index (χ2n) is 4.17. The minimum Gasteiger partial charge on any atom is -0.389 e. The summed E-state index contributed by atoms with van der Waals surface area (Å²) >= 11 is 4.90. The van der Waals surface area contributed by atoms with E-state index in [1.807, 2.05) is 0 Å². The van der Waals surface area contributed by atoms with Gasteiger partial charge in [0.1, 0.15) is 4.99 Å². The van der Waals surface area contributed by atoms with Crippen LogP contribution in [-0.2, 0) is 9.84 Å². The second-order valence-corrected chi connectivity index (χ2v) is 7.01. The van der Waals surface area contributed by atoms with E-state index in [9.17, 15) is 8.42 Å². The van der Waals surface area contributed by atoms with Crippen LogP contribution in [-0.4, -0.2) is 41.2 Å². The molecule has 3 N–H and O–H groups in total. The molecule has 1 unspecified atom stereocenters. The molecule has 1 saturated heterocycles. The van der Waals surface area contributed by atoms with E-state index in [1.54, 1.807) is 6.07 Å². The maximum atomic E-state index is 11.7. The van der Waals surface area contributed by atoms with E-state index in [4.69, 9.17) is 18.0 Å². The Kier molecular flexibility index (Phi) is 3.76. The lowest BCUT2D eigenvalue weighted by molar-refractivity contribution is 0.591. The Morgan fingerprint density at radius 1 is 1.61 bits per heavy atom. The minimum absolute atomic E-state index is 0.210. The van der Waals surface area contributed by atoms with Gasteiger partial charge in [0.25, 0.3) is 0 Å². The van der Waals surface area contributed by atoms with Crippen molar-refractivity contribution in [3.63, 3.8) is 0 Å². The van der Waals surface area contributed by atoms with Gasteiger partial charge in [0.15, 0.2) is 15.7 Å². The van der Waals surface area contributed by atoms with Crippen molar-refractivity contribution in [3.05, 3.63) is 17.8 Å². The van der Waals surface area contributed by atoms with E-state index < -0.39 is 9.84 Å². The Balaban J connectivity index is 2.09. The number of hydrogen-bond donors (Lipinski definition) is 2. The number of anilines is 1. The molecule has 1 aromatic heterocycles. The maximum Gasteiger partial charge on any atom is 0.158 e. The first-order valence-electron chi connectivity index (χ1n) is 5.57. The highest BCUT2D eigenvalue weighted by Gasteiger charge is 2.31. The van der Waals surface area contributed by atoms with Gasteiger partial charge < -0.3 is 11.1 Å². The zero-order valence-corrected chi connectivity index (χ0v) is 11.3. The first kappa shape index (κ1) is 13.2. The van der Waals surface area contributed by atoms with E-state index >= 15 is 0 Å². The number of nitrogens with two attached hydrogens (primary N) is 1. The molecule has 18 heavy (non-hydrogen) atoms. The smallest absolute Gasteiger partial charge is 0.158 e. The fourth-order valence-corrected chi connectivity index (χ4v) is 3.89. The van der Waals surface area contributed by atoms with Gasteiger partial charge in [-0.3, -0.25) is 0 Å². The van der Waals surface area contributed by atoms with Crippen molar-refractivity contribution in [1.82, 2.24) is 10.2 Å². The van der Waals surface area contributed by atoms with Crippen LogP contribution in [0, 0.1) is 0 Å². The van der Waals surface area contributed by atoms with Crippen LogP contribution in [0.4, 0.5) is 5.82 Å². The van der Waals surface area contributed by atoms with Crippen molar-refractivity contribution >= 4 is 32.9 Å². The predicted molar refractivity (Wildman–Crippen MR) is 73.2 cm³/mol. The maximum absolute atomic E-state index is 11.7. The molecule has 0 amide bonds. The molecule has 0 aromatic carbocycles. The van der Waals surface area contributed by atoms with E-state index in [0.29, 0.717) is 24.3 Å². The van der Waals surface area contributed by atoms with Crippen LogP contribution in [0.2, 0.25) is 0 Å². The molecular weight excluding hydrogens is 272 g/mol. The summed E-state index contributed by atoms with van der Waals surface area (Å²) < 4.78 is 23.4. The first-order chi connectivity index (χ1) is 8.50. The quantitative estimate of drug-likeness (QED) is 0.757. The van der Waals surface area contributed by atoms with Crippen LogP contribution in [0.1, 0.15) is 18.4 Å². The summed E-state index contributed by atoms with van der Waals surface area (Å²) in [5.41, 5.74) is 6.14. The van der Waals surface area contributed by atoms with E-state index in [0.717, 1.165) is 6.42 Å². The van der Waals surface area contributed by atoms with Gasteiger partial charge in [0.2, 0.25) is 0 Å². The number of aromatic nitrogens is 2. The fourth-order valence-electron chi connectivity index (χ4n) is 1.96. The van der Waals surface area contributed by atoms with Gasteiger partial charge in [-0.05, 0) is 18.9 Å². The molecular formula is C10H14N4O2S2. The number of sulfone groups is 1. The van der Waals surface area contributed by atoms with Crippen LogP contribution in [0.5, 0.6) is 0 Å². The zero-order valence-electron chi connectivity index (χ0n) is 9.67. The molecule has 2 rings (SSSR count). The molecule has 1 aromatic rings. The average Bonchev–Trinajstić information content (AvgIpc) is 2.66. The summed E-state index contributed by atoms with van der Waals surface area (Å²) in [6.07, 6.45) is 2.89. The van der Waals surface area contributed by atoms with Crippen molar-refractivity contribution in [1.29, 1.82) is 0 Å². The third-order valence-electron chi connectivity index (χ3n) is 2.95. The third kappa shape index (κ3) is 2.75. The summed E-state index contributed by atoms with van der Waals surface area (Å²) in [5.74, 6) is 0.703. The molecule has 98 valence electrons. The van der Waals surface area contributed by atoms with Crippen molar-refractivity contribution in [2.75, 3.05) is 17.6 Å². The van der Waals surface area contributed by atoms with Crippen molar-refractivity contribution in [2.24, 2.45) is 5.73 Å². The van der Waals surface area contributed by atoms with Crippen LogP contribution >= 0.6 is 12.2 Å². The van der Waals surface area contributed by atoms with Crippen LogP contribution in [0.3, 0.4) is 0 Å². The number of nitrogens with zero attached hydrogens (tertiary/aromatic N) is 2. The molecule has 0 saturated carbocycles. The highest BCUT2D eigenvalue weighted by atomic mass is 32.2. The minimum atomic E-state index is -2.97. The van der Waals surface area contributed by atoms with Gasteiger partial charge in [-0.1, -0.05) is 12.2 Å². The summed E-state index contributed by atoms with van der Waals surface area (Å²) in [6, 6.07) is 1.65. The van der Waals surface area contributed by atoms with E-state index in [1.165, 1.54) is 6.20 Å². The highest BCUT2D eigenvalue weighted by Crippen LogP contribution is 2.20. The Labute approximate surface area is 111 Å². The lowest BCUT2D eigenvalue weighted by Gasteiger charge is -2.12. The summed E-state index contributed by atoms with van der Waals surface area (Å²) in [5, 5.41) is 10.2. The SMILES string of the molecule is NC(=S)c1ccnnc1NCC1CCCS1(=O)=O. The Hall–Kier alpha value is -1.28. The van der Waals surface area contributed by atoms with Gasteiger partial charge in [-0.2, -0.15) is 5.10 Å². The molecule has 0 spiro atoms. The summed E-state index contributed by atoms with van der Waals surface area (Å²) in [6.45, 7) is 0.316. The molecule has 6 nitrogen and oxygen atoms in total. The molecule has 1 aliphatic rings. The number of hydrogen-bond acceptors (Lipinski definition) is 6. The second kappa shape index (κ2) is 5.15. The number of thiocarbonyl (C=S) groups is 1. The molecule has 1 atom stereocenters. The third-order valence-corrected chi connectivity index (χ3v) is 5.44. The lowest BCUT2D eigenvalue weighted by Crippen LogP contribution is -2.26. The van der Waals surface area contributed by atoms with E-state index in [-0.39, 0.29) is 16.0 Å². The Morgan fingerprint density at radius 3 is 3.00 bits per heavy atom. The molecule has 0 bridgehead atoms. The van der Waals surface area contributed by atoms with Crippen LogP contribution < -0.4 is 11.1 Å². The van der Waals surface area contributed by atoms with Gasteiger partial charge >= 0.3 is 0 Å².